The van der Waals surface area contributed by atoms with Gasteiger partial charge < -0.3 is 16.8 Å². The molecule has 2 rings (SSSR count). The van der Waals surface area contributed by atoms with Gasteiger partial charge in [0.15, 0.2) is 0 Å². The summed E-state index contributed by atoms with van der Waals surface area (Å²) in [7, 11) is 0. The summed E-state index contributed by atoms with van der Waals surface area (Å²) in [5, 5.41) is 3.03. The Kier molecular flexibility index (Phi) is 5.15. The molecule has 0 aliphatic heterocycles. The number of rotatable bonds is 5. The number of benzene rings is 1. The zero-order valence-electron chi connectivity index (χ0n) is 12.1. The molecule has 0 heterocycles. The van der Waals surface area contributed by atoms with Crippen molar-refractivity contribution in [2.45, 2.75) is 38.8 Å². The van der Waals surface area contributed by atoms with Crippen LogP contribution in [-0.4, -0.2) is 12.5 Å². The second kappa shape index (κ2) is 6.86. The Bertz CT molecular complexity index is 442. The van der Waals surface area contributed by atoms with Crippen molar-refractivity contribution in [3.63, 3.8) is 0 Å². The number of carbonyl (C=O) groups excluding carboxylic acids is 1. The minimum atomic E-state index is 0.0439. The molecule has 1 saturated carbocycles. The SMILES string of the molecule is CC(N)c1ccc(CNC(=O)[C@@H]2CCC[C@@H]2CN)cc1. The Hall–Kier alpha value is -1.39. The van der Waals surface area contributed by atoms with Crippen molar-refractivity contribution in [3.05, 3.63) is 35.4 Å². The zero-order chi connectivity index (χ0) is 14.5. The molecule has 3 atom stereocenters. The summed E-state index contributed by atoms with van der Waals surface area (Å²) in [6.07, 6.45) is 3.16. The van der Waals surface area contributed by atoms with E-state index in [4.69, 9.17) is 11.5 Å². The fourth-order valence-corrected chi connectivity index (χ4v) is 2.92. The molecule has 1 aromatic rings. The highest BCUT2D eigenvalue weighted by atomic mass is 16.1. The van der Waals surface area contributed by atoms with Crippen LogP contribution in [0.25, 0.3) is 0 Å². The standard InChI is InChI=1S/C16H25N3O/c1-11(18)13-7-5-12(6-8-13)10-19-16(20)15-4-2-3-14(15)9-17/h5-8,11,14-15H,2-4,9-10,17-18H2,1H3,(H,19,20)/t11?,14-,15-/m1/s1. The highest BCUT2D eigenvalue weighted by Crippen LogP contribution is 2.30. The second-order valence-corrected chi connectivity index (χ2v) is 5.78. The first-order valence-corrected chi connectivity index (χ1v) is 7.44. The third-order valence-electron chi connectivity index (χ3n) is 4.27. The number of nitrogens with one attached hydrogen (secondary N) is 1. The van der Waals surface area contributed by atoms with Crippen LogP contribution in [0.2, 0.25) is 0 Å². The van der Waals surface area contributed by atoms with E-state index < -0.39 is 0 Å². The fourth-order valence-electron chi connectivity index (χ4n) is 2.92. The zero-order valence-corrected chi connectivity index (χ0v) is 12.1. The minimum Gasteiger partial charge on any atom is -0.352 e. The molecule has 4 nitrogen and oxygen atoms in total. The third kappa shape index (κ3) is 3.58. The van der Waals surface area contributed by atoms with E-state index >= 15 is 0 Å². The molecule has 0 radical (unpaired) electrons. The largest absolute Gasteiger partial charge is 0.352 e. The third-order valence-corrected chi connectivity index (χ3v) is 4.27. The highest BCUT2D eigenvalue weighted by Gasteiger charge is 2.31. The number of amides is 1. The van der Waals surface area contributed by atoms with Gasteiger partial charge in [-0.25, -0.2) is 0 Å². The molecule has 0 aromatic heterocycles. The maximum atomic E-state index is 12.2. The number of carbonyl (C=O) groups is 1. The molecular weight excluding hydrogens is 250 g/mol. The van der Waals surface area contributed by atoms with Crippen LogP contribution in [0.15, 0.2) is 24.3 Å². The lowest BCUT2D eigenvalue weighted by atomic mass is 9.95. The summed E-state index contributed by atoms with van der Waals surface area (Å²) in [5.41, 5.74) is 13.8. The maximum absolute atomic E-state index is 12.2. The van der Waals surface area contributed by atoms with Gasteiger partial charge in [0.25, 0.3) is 0 Å². The topological polar surface area (TPSA) is 81.1 Å². The molecule has 5 N–H and O–H groups in total. The van der Waals surface area contributed by atoms with Gasteiger partial charge >= 0.3 is 0 Å². The van der Waals surface area contributed by atoms with Gasteiger partial charge in [0, 0.05) is 18.5 Å². The van der Waals surface area contributed by atoms with E-state index in [1.165, 1.54) is 0 Å². The monoisotopic (exact) mass is 275 g/mol. The smallest absolute Gasteiger partial charge is 0.223 e. The van der Waals surface area contributed by atoms with Gasteiger partial charge in [-0.15, -0.1) is 0 Å². The normalized spacial score (nSPS) is 23.6. The van der Waals surface area contributed by atoms with Gasteiger partial charge in [-0.1, -0.05) is 30.7 Å². The van der Waals surface area contributed by atoms with Crippen molar-refractivity contribution < 1.29 is 4.79 Å². The van der Waals surface area contributed by atoms with Crippen LogP contribution in [0, 0.1) is 11.8 Å². The van der Waals surface area contributed by atoms with E-state index in [1.807, 2.05) is 31.2 Å². The molecule has 1 amide bonds. The lowest BCUT2D eigenvalue weighted by molar-refractivity contribution is -0.126. The molecule has 20 heavy (non-hydrogen) atoms. The Morgan fingerprint density at radius 1 is 1.35 bits per heavy atom. The van der Waals surface area contributed by atoms with Crippen molar-refractivity contribution in [2.75, 3.05) is 6.54 Å². The molecule has 0 bridgehead atoms. The summed E-state index contributed by atoms with van der Waals surface area (Å²) in [5.74, 6) is 0.605. The van der Waals surface area contributed by atoms with Gasteiger partial charge in [-0.3, -0.25) is 4.79 Å². The van der Waals surface area contributed by atoms with E-state index in [-0.39, 0.29) is 17.9 Å². The molecule has 1 aliphatic carbocycles. The van der Waals surface area contributed by atoms with Gasteiger partial charge in [-0.2, -0.15) is 0 Å². The van der Waals surface area contributed by atoms with Crippen molar-refractivity contribution in [2.24, 2.45) is 23.3 Å². The fraction of sp³-hybridized carbons (Fsp3) is 0.562. The van der Waals surface area contributed by atoms with Gasteiger partial charge in [0.1, 0.15) is 0 Å². The van der Waals surface area contributed by atoms with Crippen molar-refractivity contribution in [1.29, 1.82) is 0 Å². The van der Waals surface area contributed by atoms with E-state index in [0.29, 0.717) is 19.0 Å². The lowest BCUT2D eigenvalue weighted by Crippen LogP contribution is -2.34. The van der Waals surface area contributed by atoms with E-state index in [2.05, 4.69) is 5.32 Å². The summed E-state index contributed by atoms with van der Waals surface area (Å²) < 4.78 is 0. The Morgan fingerprint density at radius 2 is 2.05 bits per heavy atom. The summed E-state index contributed by atoms with van der Waals surface area (Å²) >= 11 is 0. The molecule has 110 valence electrons. The van der Waals surface area contributed by atoms with E-state index in [9.17, 15) is 4.79 Å². The van der Waals surface area contributed by atoms with Crippen LogP contribution >= 0.6 is 0 Å². The molecule has 1 aliphatic rings. The average molecular weight is 275 g/mol. The quantitative estimate of drug-likeness (QED) is 0.765. The molecule has 1 fully saturated rings. The first-order valence-electron chi connectivity index (χ1n) is 7.44. The predicted molar refractivity (Wildman–Crippen MR) is 80.8 cm³/mol. The van der Waals surface area contributed by atoms with Crippen molar-refractivity contribution in [1.82, 2.24) is 5.32 Å². The van der Waals surface area contributed by atoms with E-state index in [1.54, 1.807) is 0 Å². The van der Waals surface area contributed by atoms with Crippen LogP contribution < -0.4 is 16.8 Å². The predicted octanol–water partition coefficient (Wildman–Crippen LogP) is 1.70. The lowest BCUT2D eigenvalue weighted by Gasteiger charge is -2.17. The highest BCUT2D eigenvalue weighted by molar-refractivity contribution is 5.79. The van der Waals surface area contributed by atoms with Crippen LogP contribution in [-0.2, 0) is 11.3 Å². The Morgan fingerprint density at radius 3 is 2.65 bits per heavy atom. The van der Waals surface area contributed by atoms with Crippen molar-refractivity contribution >= 4 is 5.91 Å². The second-order valence-electron chi connectivity index (χ2n) is 5.78. The average Bonchev–Trinajstić information content (AvgIpc) is 2.93. The van der Waals surface area contributed by atoms with Gasteiger partial charge in [0.05, 0.1) is 0 Å². The number of hydrogen-bond donors (Lipinski definition) is 3. The molecule has 0 spiro atoms. The van der Waals surface area contributed by atoms with Crippen LogP contribution in [0.5, 0.6) is 0 Å². The minimum absolute atomic E-state index is 0.0439. The summed E-state index contributed by atoms with van der Waals surface area (Å²) in [4.78, 5) is 12.2. The molecule has 1 aromatic carbocycles. The first-order chi connectivity index (χ1) is 9.61. The maximum Gasteiger partial charge on any atom is 0.223 e. The molecule has 0 saturated heterocycles. The van der Waals surface area contributed by atoms with Crippen LogP contribution in [0.3, 0.4) is 0 Å². The van der Waals surface area contributed by atoms with Gasteiger partial charge in [-0.05, 0) is 43.4 Å². The van der Waals surface area contributed by atoms with Gasteiger partial charge in [0.2, 0.25) is 5.91 Å². The van der Waals surface area contributed by atoms with Crippen molar-refractivity contribution in [3.8, 4) is 0 Å². The number of hydrogen-bond acceptors (Lipinski definition) is 3. The van der Waals surface area contributed by atoms with E-state index in [0.717, 1.165) is 30.4 Å². The molecule has 4 heteroatoms. The summed E-state index contributed by atoms with van der Waals surface area (Å²) in [6, 6.07) is 8.12. The molecular formula is C16H25N3O. The van der Waals surface area contributed by atoms with Crippen LogP contribution in [0.4, 0.5) is 0 Å². The Balaban J connectivity index is 1.87. The number of nitrogens with two attached hydrogens (primary N) is 2. The summed E-state index contributed by atoms with van der Waals surface area (Å²) in [6.45, 7) is 3.15. The molecule has 1 unspecified atom stereocenters. The first kappa shape index (κ1) is 15.0. The van der Waals surface area contributed by atoms with Crippen LogP contribution in [0.1, 0.15) is 43.4 Å². The Labute approximate surface area is 120 Å².